The van der Waals surface area contributed by atoms with Crippen LogP contribution in [0.1, 0.15) is 29.3 Å². The Labute approximate surface area is 85.3 Å². The zero-order valence-corrected chi connectivity index (χ0v) is 8.01. The first-order chi connectivity index (χ1) is 7.02. The van der Waals surface area contributed by atoms with Gasteiger partial charge in [-0.2, -0.15) is 13.2 Å². The van der Waals surface area contributed by atoms with Crippen LogP contribution in [0.3, 0.4) is 0 Å². The largest absolute Gasteiger partial charge is 0.433 e. The highest BCUT2D eigenvalue weighted by Crippen LogP contribution is 2.34. The Bertz CT molecular complexity index is 373. The van der Waals surface area contributed by atoms with E-state index in [9.17, 15) is 13.2 Å². The molecule has 5 heteroatoms. The lowest BCUT2D eigenvalue weighted by Crippen LogP contribution is -2.11. The van der Waals surface area contributed by atoms with Crippen LogP contribution < -0.4 is 5.73 Å². The molecule has 0 aromatic carbocycles. The summed E-state index contributed by atoms with van der Waals surface area (Å²) >= 11 is 0. The first kappa shape index (κ1) is 10.4. The Morgan fingerprint density at radius 1 is 1.40 bits per heavy atom. The van der Waals surface area contributed by atoms with Crippen molar-refractivity contribution in [2.75, 3.05) is 6.54 Å². The summed E-state index contributed by atoms with van der Waals surface area (Å²) in [5, 5.41) is 0. The Morgan fingerprint density at radius 2 is 2.13 bits per heavy atom. The zero-order chi connectivity index (χ0) is 11.1. The lowest BCUT2D eigenvalue weighted by atomic mass is 10.0. The number of hydrogen-bond acceptors (Lipinski definition) is 2. The molecule has 1 aromatic rings. The van der Waals surface area contributed by atoms with Crippen LogP contribution in [-0.2, 0) is 12.6 Å². The lowest BCUT2D eigenvalue weighted by Gasteiger charge is -2.10. The summed E-state index contributed by atoms with van der Waals surface area (Å²) in [7, 11) is 0. The van der Waals surface area contributed by atoms with Crippen molar-refractivity contribution in [1.29, 1.82) is 0 Å². The van der Waals surface area contributed by atoms with Gasteiger partial charge >= 0.3 is 6.18 Å². The number of hydrogen-bond donors (Lipinski definition) is 1. The smallest absolute Gasteiger partial charge is 0.330 e. The van der Waals surface area contributed by atoms with Crippen molar-refractivity contribution in [2.24, 2.45) is 5.73 Å². The van der Waals surface area contributed by atoms with Gasteiger partial charge < -0.3 is 5.73 Å². The van der Waals surface area contributed by atoms with E-state index in [0.29, 0.717) is 18.7 Å². The highest BCUT2D eigenvalue weighted by atomic mass is 19.4. The number of halogens is 3. The molecule has 1 aromatic heterocycles. The summed E-state index contributed by atoms with van der Waals surface area (Å²) in [4.78, 5) is 3.64. The molecule has 2 nitrogen and oxygen atoms in total. The van der Waals surface area contributed by atoms with E-state index in [0.717, 1.165) is 18.1 Å². The quantitative estimate of drug-likeness (QED) is 0.780. The predicted octanol–water partition coefficient (Wildman–Crippen LogP) is 2.09. The maximum atomic E-state index is 12.3. The van der Waals surface area contributed by atoms with E-state index in [-0.39, 0.29) is 5.92 Å². The maximum Gasteiger partial charge on any atom is 0.433 e. The summed E-state index contributed by atoms with van der Waals surface area (Å²) in [6.45, 7) is 0.472. The number of aromatic nitrogens is 1. The standard InChI is InChI=1S/C10H11F3N2/c11-10(12,13)9-4-2-7-6(5-14)1-3-8(7)15-9/h2,4,6H,1,3,5,14H2. The van der Waals surface area contributed by atoms with Crippen LogP contribution in [0.25, 0.3) is 0 Å². The third-order valence-electron chi connectivity index (χ3n) is 2.75. The van der Waals surface area contributed by atoms with E-state index in [1.54, 1.807) is 0 Å². The molecular weight excluding hydrogens is 205 g/mol. The first-order valence-corrected chi connectivity index (χ1v) is 4.79. The lowest BCUT2D eigenvalue weighted by molar-refractivity contribution is -0.141. The molecule has 2 N–H and O–H groups in total. The van der Waals surface area contributed by atoms with Gasteiger partial charge in [0.25, 0.3) is 0 Å². The Hall–Kier alpha value is -1.10. The Balaban J connectivity index is 2.37. The highest BCUT2D eigenvalue weighted by molar-refractivity contribution is 5.32. The number of nitrogens with zero attached hydrogens (tertiary/aromatic N) is 1. The number of fused-ring (bicyclic) bond motifs is 1. The molecule has 1 heterocycles. The minimum absolute atomic E-state index is 0.176. The third kappa shape index (κ3) is 1.84. The molecule has 2 rings (SSSR count). The van der Waals surface area contributed by atoms with Gasteiger partial charge in [-0.25, -0.2) is 4.98 Å². The van der Waals surface area contributed by atoms with Crippen LogP contribution in [0.2, 0.25) is 0 Å². The van der Waals surface area contributed by atoms with E-state index >= 15 is 0 Å². The van der Waals surface area contributed by atoms with E-state index in [1.165, 1.54) is 6.07 Å². The second-order valence-electron chi connectivity index (χ2n) is 3.70. The fourth-order valence-corrected chi connectivity index (χ4v) is 1.95. The number of aryl methyl sites for hydroxylation is 1. The number of pyridine rings is 1. The minimum atomic E-state index is -4.35. The van der Waals surface area contributed by atoms with Crippen LogP contribution in [0.4, 0.5) is 13.2 Å². The molecule has 82 valence electrons. The van der Waals surface area contributed by atoms with Gasteiger partial charge in [-0.05, 0) is 36.9 Å². The van der Waals surface area contributed by atoms with Crippen LogP contribution in [0.15, 0.2) is 12.1 Å². The second-order valence-corrected chi connectivity index (χ2v) is 3.70. The minimum Gasteiger partial charge on any atom is -0.330 e. The van der Waals surface area contributed by atoms with Crippen molar-refractivity contribution in [2.45, 2.75) is 24.9 Å². The fraction of sp³-hybridized carbons (Fsp3) is 0.500. The van der Waals surface area contributed by atoms with Crippen molar-refractivity contribution >= 4 is 0 Å². The number of rotatable bonds is 1. The summed E-state index contributed by atoms with van der Waals surface area (Å²) in [5.74, 6) is 0.176. The monoisotopic (exact) mass is 216 g/mol. The summed E-state index contributed by atoms with van der Waals surface area (Å²) in [5.41, 5.74) is 6.15. The van der Waals surface area contributed by atoms with Gasteiger partial charge in [-0.3, -0.25) is 0 Å². The molecule has 1 aliphatic carbocycles. The molecule has 0 aliphatic heterocycles. The van der Waals surface area contributed by atoms with Gasteiger partial charge in [0, 0.05) is 5.69 Å². The van der Waals surface area contributed by atoms with Gasteiger partial charge in [-0.15, -0.1) is 0 Å². The molecule has 0 saturated carbocycles. The molecule has 0 saturated heterocycles. The molecule has 1 unspecified atom stereocenters. The molecule has 0 spiro atoms. The van der Waals surface area contributed by atoms with Gasteiger partial charge in [0.2, 0.25) is 0 Å². The molecule has 1 aliphatic rings. The van der Waals surface area contributed by atoms with Crippen LogP contribution >= 0.6 is 0 Å². The normalized spacial score (nSPS) is 20.4. The summed E-state index contributed by atoms with van der Waals surface area (Å²) in [6, 6.07) is 2.54. The van der Waals surface area contributed by atoms with Crippen molar-refractivity contribution in [3.05, 3.63) is 29.1 Å². The van der Waals surface area contributed by atoms with E-state index in [4.69, 9.17) is 5.73 Å². The maximum absolute atomic E-state index is 12.3. The number of alkyl halides is 3. The average molecular weight is 216 g/mol. The average Bonchev–Trinajstić information content (AvgIpc) is 2.58. The van der Waals surface area contributed by atoms with E-state index < -0.39 is 11.9 Å². The van der Waals surface area contributed by atoms with Crippen molar-refractivity contribution in [3.63, 3.8) is 0 Å². The van der Waals surface area contributed by atoms with Crippen LogP contribution in [0, 0.1) is 0 Å². The van der Waals surface area contributed by atoms with Gasteiger partial charge in [0.15, 0.2) is 0 Å². The zero-order valence-electron chi connectivity index (χ0n) is 8.01. The van der Waals surface area contributed by atoms with Crippen LogP contribution in [-0.4, -0.2) is 11.5 Å². The number of nitrogens with two attached hydrogens (primary N) is 1. The third-order valence-corrected chi connectivity index (χ3v) is 2.75. The Morgan fingerprint density at radius 3 is 2.73 bits per heavy atom. The van der Waals surface area contributed by atoms with Crippen molar-refractivity contribution in [3.8, 4) is 0 Å². The molecule has 1 atom stereocenters. The van der Waals surface area contributed by atoms with E-state index in [1.807, 2.05) is 0 Å². The predicted molar refractivity (Wildman–Crippen MR) is 49.4 cm³/mol. The van der Waals surface area contributed by atoms with Crippen LogP contribution in [0.5, 0.6) is 0 Å². The molecule has 0 radical (unpaired) electrons. The van der Waals surface area contributed by atoms with Gasteiger partial charge in [0.05, 0.1) is 0 Å². The van der Waals surface area contributed by atoms with E-state index in [2.05, 4.69) is 4.98 Å². The topological polar surface area (TPSA) is 38.9 Å². The second kappa shape index (κ2) is 3.48. The fourth-order valence-electron chi connectivity index (χ4n) is 1.95. The summed E-state index contributed by atoms with van der Waals surface area (Å²) in [6.07, 6.45) is -2.95. The Kier molecular flexibility index (Phi) is 2.42. The SMILES string of the molecule is NCC1CCc2nc(C(F)(F)F)ccc21. The van der Waals surface area contributed by atoms with Gasteiger partial charge in [0.1, 0.15) is 5.69 Å². The van der Waals surface area contributed by atoms with Crippen molar-refractivity contribution in [1.82, 2.24) is 4.98 Å². The highest BCUT2D eigenvalue weighted by Gasteiger charge is 2.34. The molecule has 0 amide bonds. The van der Waals surface area contributed by atoms with Gasteiger partial charge in [-0.1, -0.05) is 6.07 Å². The molecule has 0 fully saturated rings. The summed E-state index contributed by atoms with van der Waals surface area (Å²) < 4.78 is 37.0. The molecular formula is C10H11F3N2. The molecule has 0 bridgehead atoms. The first-order valence-electron chi connectivity index (χ1n) is 4.79. The molecule has 15 heavy (non-hydrogen) atoms. The van der Waals surface area contributed by atoms with Crippen molar-refractivity contribution < 1.29 is 13.2 Å².